The molecule has 1 N–H and O–H groups in total. The van der Waals surface area contributed by atoms with Crippen molar-refractivity contribution in [1.29, 1.82) is 0 Å². The molecule has 0 bridgehead atoms. The molecule has 0 spiro atoms. The number of rotatable bonds is 5. The maximum absolute atomic E-state index is 13.9. The number of benzene rings is 2. The van der Waals surface area contributed by atoms with Gasteiger partial charge in [-0.2, -0.15) is 26.3 Å². The SMILES string of the molecule is COc1ccc(C(C)(C)C2=CC(C(F)(F)F)C(=C(O)Oc3ccccc3)C=C2)cc1C(F)(F)F. The van der Waals surface area contributed by atoms with E-state index in [-0.39, 0.29) is 22.6 Å². The largest absolute Gasteiger partial charge is 0.496 e. The molecule has 9 heteroatoms. The lowest BCUT2D eigenvalue weighted by atomic mass is 9.73. The number of hydrogen-bond donors (Lipinski definition) is 1. The summed E-state index contributed by atoms with van der Waals surface area (Å²) in [6, 6.07) is 11.2. The van der Waals surface area contributed by atoms with Crippen LogP contribution in [-0.4, -0.2) is 18.4 Å². The second kappa shape index (κ2) is 9.12. The molecule has 0 fully saturated rings. The molecule has 1 aliphatic carbocycles. The number of para-hydroxylation sites is 1. The maximum Gasteiger partial charge on any atom is 0.419 e. The molecule has 0 radical (unpaired) electrons. The molecular formula is C25H22F6O3. The summed E-state index contributed by atoms with van der Waals surface area (Å²) in [6.45, 7) is 3.04. The summed E-state index contributed by atoms with van der Waals surface area (Å²) in [5.41, 5.74) is -2.49. The van der Waals surface area contributed by atoms with Crippen LogP contribution in [0, 0.1) is 5.92 Å². The first-order valence-corrected chi connectivity index (χ1v) is 10.1. The molecule has 0 saturated carbocycles. The van der Waals surface area contributed by atoms with Crippen molar-refractivity contribution in [3.8, 4) is 11.5 Å². The molecule has 0 aliphatic heterocycles. The lowest BCUT2D eigenvalue weighted by Gasteiger charge is -2.32. The van der Waals surface area contributed by atoms with E-state index in [9.17, 15) is 31.4 Å². The lowest BCUT2D eigenvalue weighted by molar-refractivity contribution is -0.152. The van der Waals surface area contributed by atoms with E-state index in [1.807, 2.05) is 0 Å². The number of alkyl halides is 6. The molecule has 1 aliphatic rings. The van der Waals surface area contributed by atoms with Gasteiger partial charge in [0, 0.05) is 11.0 Å². The van der Waals surface area contributed by atoms with Gasteiger partial charge in [0.25, 0.3) is 5.95 Å². The van der Waals surface area contributed by atoms with E-state index in [1.165, 1.54) is 38.1 Å². The Kier molecular flexibility index (Phi) is 6.78. The molecule has 2 aromatic rings. The summed E-state index contributed by atoms with van der Waals surface area (Å²) >= 11 is 0. The number of aliphatic hydroxyl groups excluding tert-OH is 1. The van der Waals surface area contributed by atoms with Crippen molar-refractivity contribution in [1.82, 2.24) is 0 Å². The molecule has 34 heavy (non-hydrogen) atoms. The minimum absolute atomic E-state index is 0.129. The zero-order chi connectivity index (χ0) is 25.3. The smallest absolute Gasteiger partial charge is 0.419 e. The van der Waals surface area contributed by atoms with Crippen molar-refractivity contribution in [2.24, 2.45) is 5.92 Å². The van der Waals surface area contributed by atoms with Crippen molar-refractivity contribution in [2.45, 2.75) is 31.6 Å². The predicted octanol–water partition coefficient (Wildman–Crippen LogP) is 7.51. The van der Waals surface area contributed by atoms with Gasteiger partial charge < -0.3 is 14.6 Å². The van der Waals surface area contributed by atoms with Crippen LogP contribution in [0.4, 0.5) is 26.3 Å². The third-order valence-corrected chi connectivity index (χ3v) is 5.63. The molecule has 182 valence electrons. The first kappa shape index (κ1) is 25.3. The fraction of sp³-hybridized carbons (Fsp3) is 0.280. The first-order chi connectivity index (χ1) is 15.7. The number of ether oxygens (including phenoxy) is 2. The van der Waals surface area contributed by atoms with E-state index < -0.39 is 40.8 Å². The van der Waals surface area contributed by atoms with Crippen LogP contribution >= 0.6 is 0 Å². The van der Waals surface area contributed by atoms with Crippen molar-refractivity contribution in [3.63, 3.8) is 0 Å². The van der Waals surface area contributed by atoms with Crippen LogP contribution in [0.25, 0.3) is 0 Å². The molecule has 1 unspecified atom stereocenters. The molecule has 3 nitrogen and oxygen atoms in total. The van der Waals surface area contributed by atoms with Crippen LogP contribution in [0.5, 0.6) is 11.5 Å². The van der Waals surface area contributed by atoms with Gasteiger partial charge in [-0.3, -0.25) is 0 Å². The van der Waals surface area contributed by atoms with E-state index in [0.29, 0.717) is 0 Å². The summed E-state index contributed by atoms with van der Waals surface area (Å²) in [7, 11) is 1.10. The Morgan fingerprint density at radius 2 is 1.56 bits per heavy atom. The highest BCUT2D eigenvalue weighted by atomic mass is 19.4. The fourth-order valence-electron chi connectivity index (χ4n) is 3.64. The van der Waals surface area contributed by atoms with Crippen LogP contribution < -0.4 is 9.47 Å². The summed E-state index contributed by atoms with van der Waals surface area (Å²) in [4.78, 5) is 0. The molecule has 0 saturated heterocycles. The molecule has 0 aromatic heterocycles. The third kappa shape index (κ3) is 5.24. The van der Waals surface area contributed by atoms with Gasteiger partial charge in [-0.15, -0.1) is 0 Å². The molecule has 0 heterocycles. The van der Waals surface area contributed by atoms with E-state index in [1.54, 1.807) is 18.2 Å². The highest BCUT2D eigenvalue weighted by molar-refractivity contribution is 5.51. The molecule has 3 rings (SSSR count). The molecule has 1 atom stereocenters. The molecular weight excluding hydrogens is 462 g/mol. The number of aliphatic hydroxyl groups is 1. The minimum Gasteiger partial charge on any atom is -0.496 e. The van der Waals surface area contributed by atoms with Gasteiger partial charge in [0.05, 0.1) is 12.7 Å². The van der Waals surface area contributed by atoms with Crippen LogP contribution in [0.15, 0.2) is 83.9 Å². The maximum atomic E-state index is 13.9. The Balaban J connectivity index is 2.04. The van der Waals surface area contributed by atoms with E-state index in [2.05, 4.69) is 0 Å². The highest BCUT2D eigenvalue weighted by Crippen LogP contribution is 2.45. The quantitative estimate of drug-likeness (QED) is 0.353. The third-order valence-electron chi connectivity index (χ3n) is 5.63. The number of methoxy groups -OCH3 is 1. The predicted molar refractivity (Wildman–Crippen MR) is 115 cm³/mol. The number of hydrogen-bond acceptors (Lipinski definition) is 3. The first-order valence-electron chi connectivity index (χ1n) is 10.1. The van der Waals surface area contributed by atoms with Crippen molar-refractivity contribution >= 4 is 0 Å². The Hall–Kier alpha value is -3.36. The average molecular weight is 484 g/mol. The van der Waals surface area contributed by atoms with Crippen LogP contribution in [-0.2, 0) is 11.6 Å². The van der Waals surface area contributed by atoms with E-state index >= 15 is 0 Å². The second-order valence-corrected chi connectivity index (χ2v) is 8.19. The summed E-state index contributed by atoms with van der Waals surface area (Å²) in [5, 5.41) is 10.3. The van der Waals surface area contributed by atoms with Gasteiger partial charge in [-0.1, -0.05) is 56.3 Å². The van der Waals surface area contributed by atoms with Crippen molar-refractivity contribution < 1.29 is 40.9 Å². The van der Waals surface area contributed by atoms with E-state index in [4.69, 9.17) is 9.47 Å². The van der Waals surface area contributed by atoms with Crippen LogP contribution in [0.3, 0.4) is 0 Å². The summed E-state index contributed by atoms with van der Waals surface area (Å²) in [6.07, 6.45) is -6.20. The van der Waals surface area contributed by atoms with Gasteiger partial charge in [-0.05, 0) is 35.4 Å². The summed E-state index contributed by atoms with van der Waals surface area (Å²) in [5.74, 6) is -3.38. The van der Waals surface area contributed by atoms with E-state index in [0.717, 1.165) is 31.4 Å². The Morgan fingerprint density at radius 1 is 0.912 bits per heavy atom. The fourth-order valence-corrected chi connectivity index (χ4v) is 3.64. The van der Waals surface area contributed by atoms with Gasteiger partial charge >= 0.3 is 12.4 Å². The molecule has 0 amide bonds. The standard InChI is InChI=1S/C25H22F6O3/c1-23(2,16-10-12-21(33-3)20(14-16)25(29,30)31)15-9-11-18(19(13-15)24(26,27)28)22(32)34-17-7-5-4-6-8-17/h4-14,19,32H,1-3H3. The zero-order valence-electron chi connectivity index (χ0n) is 18.5. The Labute approximate surface area is 192 Å². The van der Waals surface area contributed by atoms with Crippen LogP contribution in [0.1, 0.15) is 25.0 Å². The summed E-state index contributed by atoms with van der Waals surface area (Å²) < 4.78 is 92.2. The second-order valence-electron chi connectivity index (χ2n) is 8.19. The zero-order valence-corrected chi connectivity index (χ0v) is 18.5. The molecule has 2 aromatic carbocycles. The van der Waals surface area contributed by atoms with Crippen molar-refractivity contribution in [2.75, 3.05) is 7.11 Å². The normalized spacial score (nSPS) is 18.4. The lowest BCUT2D eigenvalue weighted by Crippen LogP contribution is -2.29. The van der Waals surface area contributed by atoms with Gasteiger partial charge in [0.2, 0.25) is 0 Å². The monoisotopic (exact) mass is 484 g/mol. The van der Waals surface area contributed by atoms with Gasteiger partial charge in [0.15, 0.2) is 0 Å². The Morgan fingerprint density at radius 3 is 2.12 bits per heavy atom. The topological polar surface area (TPSA) is 38.7 Å². The van der Waals surface area contributed by atoms with Gasteiger partial charge in [-0.25, -0.2) is 0 Å². The van der Waals surface area contributed by atoms with Gasteiger partial charge in [0.1, 0.15) is 17.4 Å². The number of halogens is 6. The Bertz CT molecular complexity index is 1130. The van der Waals surface area contributed by atoms with Crippen LogP contribution in [0.2, 0.25) is 0 Å². The minimum atomic E-state index is -4.79. The van der Waals surface area contributed by atoms with Crippen molar-refractivity contribution in [3.05, 3.63) is 95.0 Å². The number of allylic oxidation sites excluding steroid dienone is 5. The average Bonchev–Trinajstić information content (AvgIpc) is 2.77. The highest BCUT2D eigenvalue weighted by Gasteiger charge is 2.45.